The Morgan fingerprint density at radius 1 is 1.62 bits per heavy atom. The maximum atomic E-state index is 9.95. The van der Waals surface area contributed by atoms with E-state index in [1.807, 2.05) is 0 Å². The standard InChI is InChI=1S/C6H9O2/c7-6(8)4-5-2-1-3-5/h4-5H,1-3H2,(H,7,8). The molecule has 2 nitrogen and oxygen atoms in total. The number of hydrogen-bond donors (Lipinski definition) is 1. The fourth-order valence-electron chi connectivity index (χ4n) is 0.808. The van der Waals surface area contributed by atoms with Crippen LogP contribution in [-0.2, 0) is 4.79 Å². The number of carboxylic acid groups (broad SMARTS) is 1. The molecule has 8 heavy (non-hydrogen) atoms. The normalized spacial score (nSPS) is 20.0. The first-order valence-electron chi connectivity index (χ1n) is 2.87. The Morgan fingerprint density at radius 3 is 2.38 bits per heavy atom. The van der Waals surface area contributed by atoms with Gasteiger partial charge in [-0.1, -0.05) is 6.42 Å². The van der Waals surface area contributed by atoms with Crippen molar-refractivity contribution in [1.29, 1.82) is 0 Å². The minimum atomic E-state index is -0.769. The molecule has 0 unspecified atom stereocenters. The van der Waals surface area contributed by atoms with Gasteiger partial charge >= 0.3 is 5.97 Å². The molecule has 0 aromatic rings. The Labute approximate surface area is 48.5 Å². The van der Waals surface area contributed by atoms with Crippen molar-refractivity contribution in [2.75, 3.05) is 0 Å². The van der Waals surface area contributed by atoms with E-state index in [2.05, 4.69) is 0 Å². The van der Waals surface area contributed by atoms with Crippen LogP contribution in [0, 0.1) is 12.3 Å². The van der Waals surface area contributed by atoms with E-state index in [4.69, 9.17) is 5.11 Å². The predicted molar refractivity (Wildman–Crippen MR) is 29.3 cm³/mol. The van der Waals surface area contributed by atoms with Crippen molar-refractivity contribution >= 4 is 5.97 Å². The van der Waals surface area contributed by atoms with Crippen molar-refractivity contribution < 1.29 is 9.90 Å². The van der Waals surface area contributed by atoms with Gasteiger partial charge in [-0.2, -0.15) is 0 Å². The Morgan fingerprint density at radius 2 is 2.25 bits per heavy atom. The number of hydrogen-bond acceptors (Lipinski definition) is 1. The fraction of sp³-hybridized carbons (Fsp3) is 0.667. The van der Waals surface area contributed by atoms with Crippen molar-refractivity contribution in [3.63, 3.8) is 0 Å². The molecule has 0 aliphatic heterocycles. The van der Waals surface area contributed by atoms with Gasteiger partial charge in [0, 0.05) is 0 Å². The highest BCUT2D eigenvalue weighted by Crippen LogP contribution is 2.28. The summed E-state index contributed by atoms with van der Waals surface area (Å²) in [6, 6.07) is 0. The van der Waals surface area contributed by atoms with Gasteiger partial charge in [0.25, 0.3) is 0 Å². The first-order chi connectivity index (χ1) is 3.79. The van der Waals surface area contributed by atoms with E-state index >= 15 is 0 Å². The van der Waals surface area contributed by atoms with Crippen LogP contribution >= 0.6 is 0 Å². The van der Waals surface area contributed by atoms with Gasteiger partial charge in [0.15, 0.2) is 0 Å². The second-order valence-corrected chi connectivity index (χ2v) is 2.20. The van der Waals surface area contributed by atoms with Crippen molar-refractivity contribution in [3.05, 3.63) is 6.42 Å². The van der Waals surface area contributed by atoms with Crippen molar-refractivity contribution in [3.8, 4) is 0 Å². The molecule has 2 heteroatoms. The number of carboxylic acids is 1. The molecule has 0 spiro atoms. The molecule has 1 N–H and O–H groups in total. The third kappa shape index (κ3) is 1.22. The number of carbonyl (C=O) groups is 1. The Kier molecular flexibility index (Phi) is 1.51. The summed E-state index contributed by atoms with van der Waals surface area (Å²) in [5, 5.41) is 8.19. The lowest BCUT2D eigenvalue weighted by molar-refractivity contribution is -0.134. The highest BCUT2D eigenvalue weighted by atomic mass is 16.4. The molecule has 0 aromatic heterocycles. The van der Waals surface area contributed by atoms with E-state index < -0.39 is 5.97 Å². The van der Waals surface area contributed by atoms with Crippen molar-refractivity contribution in [2.24, 2.45) is 5.92 Å². The molecule has 1 rings (SSSR count). The molecule has 0 amide bonds. The van der Waals surface area contributed by atoms with Crippen LogP contribution in [0.4, 0.5) is 0 Å². The largest absolute Gasteiger partial charge is 0.481 e. The summed E-state index contributed by atoms with van der Waals surface area (Å²) >= 11 is 0. The highest BCUT2D eigenvalue weighted by Gasteiger charge is 2.20. The Hall–Kier alpha value is -0.530. The highest BCUT2D eigenvalue weighted by molar-refractivity contribution is 5.77. The zero-order valence-corrected chi connectivity index (χ0v) is 4.63. The second kappa shape index (κ2) is 2.16. The van der Waals surface area contributed by atoms with Crippen LogP contribution in [0.2, 0.25) is 0 Å². The van der Waals surface area contributed by atoms with Gasteiger partial charge in [0.05, 0.1) is 6.42 Å². The van der Waals surface area contributed by atoms with Crippen LogP contribution in [0.5, 0.6) is 0 Å². The van der Waals surface area contributed by atoms with Gasteiger partial charge in [0.2, 0.25) is 0 Å². The maximum Gasteiger partial charge on any atom is 0.307 e. The van der Waals surface area contributed by atoms with E-state index in [0.717, 1.165) is 12.8 Å². The summed E-state index contributed by atoms with van der Waals surface area (Å²) in [5.41, 5.74) is 0. The first kappa shape index (κ1) is 5.60. The number of aliphatic carboxylic acids is 1. The average Bonchev–Trinajstić information content (AvgIpc) is 1.55. The lowest BCUT2D eigenvalue weighted by Gasteiger charge is -2.22. The lowest BCUT2D eigenvalue weighted by Crippen LogP contribution is -2.15. The molecule has 45 valence electrons. The summed E-state index contributed by atoms with van der Waals surface area (Å²) in [6.45, 7) is 0. The van der Waals surface area contributed by atoms with Gasteiger partial charge in [0.1, 0.15) is 0 Å². The van der Waals surface area contributed by atoms with Gasteiger partial charge in [-0.05, 0) is 18.8 Å². The van der Waals surface area contributed by atoms with E-state index in [1.165, 1.54) is 12.8 Å². The zero-order chi connectivity index (χ0) is 5.98. The van der Waals surface area contributed by atoms with E-state index in [0.29, 0.717) is 5.92 Å². The molecule has 0 atom stereocenters. The molecule has 1 fully saturated rings. The van der Waals surface area contributed by atoms with Gasteiger partial charge in [-0.25, -0.2) is 0 Å². The minimum Gasteiger partial charge on any atom is -0.481 e. The summed E-state index contributed by atoms with van der Waals surface area (Å²) in [7, 11) is 0. The summed E-state index contributed by atoms with van der Waals surface area (Å²) in [6.07, 6.45) is 4.75. The SMILES string of the molecule is O=C(O)[CH]C1CCC1. The molecule has 1 aliphatic rings. The van der Waals surface area contributed by atoms with Crippen molar-refractivity contribution in [1.82, 2.24) is 0 Å². The predicted octanol–water partition coefficient (Wildman–Crippen LogP) is 1.08. The monoisotopic (exact) mass is 113 g/mol. The summed E-state index contributed by atoms with van der Waals surface area (Å²) < 4.78 is 0. The summed E-state index contributed by atoms with van der Waals surface area (Å²) in [4.78, 5) is 9.95. The van der Waals surface area contributed by atoms with Gasteiger partial charge < -0.3 is 5.11 Å². The van der Waals surface area contributed by atoms with Crippen LogP contribution in [0.1, 0.15) is 19.3 Å². The van der Waals surface area contributed by atoms with Crippen molar-refractivity contribution in [2.45, 2.75) is 19.3 Å². The lowest BCUT2D eigenvalue weighted by atomic mass is 9.83. The molecule has 0 bridgehead atoms. The molecule has 1 radical (unpaired) electrons. The topological polar surface area (TPSA) is 37.3 Å². The smallest absolute Gasteiger partial charge is 0.307 e. The molecule has 0 saturated heterocycles. The quantitative estimate of drug-likeness (QED) is 0.581. The second-order valence-electron chi connectivity index (χ2n) is 2.20. The van der Waals surface area contributed by atoms with E-state index in [1.54, 1.807) is 0 Å². The van der Waals surface area contributed by atoms with Gasteiger partial charge in [-0.3, -0.25) is 4.79 Å². The first-order valence-corrected chi connectivity index (χ1v) is 2.87. The van der Waals surface area contributed by atoms with E-state index in [-0.39, 0.29) is 0 Å². The molecule has 0 aromatic carbocycles. The molecular formula is C6H9O2. The molecule has 1 saturated carbocycles. The van der Waals surface area contributed by atoms with Crippen LogP contribution in [0.15, 0.2) is 0 Å². The average molecular weight is 113 g/mol. The zero-order valence-electron chi connectivity index (χ0n) is 4.63. The van der Waals surface area contributed by atoms with Crippen LogP contribution < -0.4 is 0 Å². The number of rotatable bonds is 2. The third-order valence-corrected chi connectivity index (χ3v) is 1.53. The molecule has 0 heterocycles. The van der Waals surface area contributed by atoms with Crippen LogP contribution in [0.3, 0.4) is 0 Å². The third-order valence-electron chi connectivity index (χ3n) is 1.53. The Bertz CT molecular complexity index is 94.7. The summed E-state index contributed by atoms with van der Waals surface area (Å²) in [5.74, 6) is -0.387. The van der Waals surface area contributed by atoms with Crippen LogP contribution in [0.25, 0.3) is 0 Å². The fourth-order valence-corrected chi connectivity index (χ4v) is 0.808. The molecule has 1 aliphatic carbocycles. The van der Waals surface area contributed by atoms with Crippen LogP contribution in [-0.4, -0.2) is 11.1 Å². The van der Waals surface area contributed by atoms with Gasteiger partial charge in [-0.15, -0.1) is 0 Å². The Balaban J connectivity index is 2.09. The minimum absolute atomic E-state index is 0.382. The molecular weight excluding hydrogens is 104 g/mol. The maximum absolute atomic E-state index is 9.95. The van der Waals surface area contributed by atoms with E-state index in [9.17, 15) is 4.79 Å².